The molecule has 0 aromatic heterocycles. The van der Waals surface area contributed by atoms with Crippen molar-refractivity contribution in [3.63, 3.8) is 0 Å². The zero-order valence-electron chi connectivity index (χ0n) is 12.4. The van der Waals surface area contributed by atoms with Gasteiger partial charge < -0.3 is 15.0 Å². The summed E-state index contributed by atoms with van der Waals surface area (Å²) in [6.07, 6.45) is 2.82. The van der Waals surface area contributed by atoms with Gasteiger partial charge in [-0.1, -0.05) is 18.2 Å². The predicted molar refractivity (Wildman–Crippen MR) is 79.7 cm³/mol. The van der Waals surface area contributed by atoms with E-state index in [4.69, 9.17) is 4.74 Å². The van der Waals surface area contributed by atoms with Gasteiger partial charge in [0.05, 0.1) is 7.11 Å². The van der Waals surface area contributed by atoms with Crippen LogP contribution in [0.15, 0.2) is 24.3 Å². The van der Waals surface area contributed by atoms with Crippen LogP contribution in [0.25, 0.3) is 0 Å². The molecule has 1 amide bonds. The van der Waals surface area contributed by atoms with Gasteiger partial charge in [-0.2, -0.15) is 0 Å². The molecular formula is C16H24N2O2. The molecule has 1 aromatic rings. The molecule has 1 heterocycles. The summed E-state index contributed by atoms with van der Waals surface area (Å²) in [6, 6.07) is 7.85. The van der Waals surface area contributed by atoms with E-state index in [1.807, 2.05) is 31.3 Å². The van der Waals surface area contributed by atoms with Crippen LogP contribution in [0.2, 0.25) is 0 Å². The van der Waals surface area contributed by atoms with Crippen molar-refractivity contribution in [2.45, 2.75) is 25.8 Å². The maximum absolute atomic E-state index is 12.2. The van der Waals surface area contributed by atoms with Crippen LogP contribution in [0, 0.1) is 5.92 Å². The molecule has 4 nitrogen and oxygen atoms in total. The van der Waals surface area contributed by atoms with E-state index in [9.17, 15) is 4.79 Å². The third kappa shape index (κ3) is 3.97. The van der Waals surface area contributed by atoms with Crippen molar-refractivity contribution in [2.24, 2.45) is 5.92 Å². The number of para-hydroxylation sites is 1. The average molecular weight is 276 g/mol. The van der Waals surface area contributed by atoms with Crippen molar-refractivity contribution in [3.8, 4) is 5.75 Å². The summed E-state index contributed by atoms with van der Waals surface area (Å²) in [6.45, 7) is 2.76. The summed E-state index contributed by atoms with van der Waals surface area (Å²) < 4.78 is 5.32. The average Bonchev–Trinajstić information content (AvgIpc) is 2.98. The first-order valence-corrected chi connectivity index (χ1v) is 7.27. The summed E-state index contributed by atoms with van der Waals surface area (Å²) in [7, 11) is 3.52. The third-order valence-corrected chi connectivity index (χ3v) is 3.95. The second-order valence-electron chi connectivity index (χ2n) is 5.46. The van der Waals surface area contributed by atoms with E-state index in [0.29, 0.717) is 18.9 Å². The Bertz CT molecular complexity index is 442. The molecule has 0 saturated carbocycles. The minimum Gasteiger partial charge on any atom is -0.496 e. The highest BCUT2D eigenvalue weighted by atomic mass is 16.5. The molecule has 1 aliphatic heterocycles. The van der Waals surface area contributed by atoms with E-state index in [1.54, 1.807) is 12.0 Å². The van der Waals surface area contributed by atoms with Crippen LogP contribution < -0.4 is 10.1 Å². The topological polar surface area (TPSA) is 41.6 Å². The van der Waals surface area contributed by atoms with Crippen LogP contribution in [-0.4, -0.2) is 38.1 Å². The molecule has 0 spiro atoms. The molecule has 1 fully saturated rings. The Hall–Kier alpha value is -1.55. The second-order valence-corrected chi connectivity index (χ2v) is 5.46. The molecule has 4 heteroatoms. The molecule has 1 aromatic carbocycles. The Morgan fingerprint density at radius 1 is 1.45 bits per heavy atom. The highest BCUT2D eigenvalue weighted by Crippen LogP contribution is 2.20. The molecule has 20 heavy (non-hydrogen) atoms. The van der Waals surface area contributed by atoms with Gasteiger partial charge in [0.15, 0.2) is 0 Å². The normalized spacial score (nSPS) is 18.0. The first kappa shape index (κ1) is 14.9. The fourth-order valence-corrected chi connectivity index (χ4v) is 2.66. The number of carbonyl (C=O) groups excluding carboxylic acids is 1. The van der Waals surface area contributed by atoms with Crippen LogP contribution in [0.1, 0.15) is 24.8 Å². The first-order chi connectivity index (χ1) is 9.70. The van der Waals surface area contributed by atoms with Gasteiger partial charge in [-0.05, 0) is 37.9 Å². The van der Waals surface area contributed by atoms with E-state index in [1.165, 1.54) is 6.42 Å². The Morgan fingerprint density at radius 3 is 2.95 bits per heavy atom. The van der Waals surface area contributed by atoms with Crippen molar-refractivity contribution >= 4 is 5.91 Å². The lowest BCUT2D eigenvalue weighted by Crippen LogP contribution is -2.26. The molecule has 110 valence electrons. The number of hydrogen-bond donors (Lipinski definition) is 1. The Balaban J connectivity index is 1.83. The number of amides is 1. The van der Waals surface area contributed by atoms with Gasteiger partial charge in [0.25, 0.3) is 0 Å². The number of rotatable bonds is 6. The lowest BCUT2D eigenvalue weighted by atomic mass is 10.0. The number of carbonyl (C=O) groups is 1. The Labute approximate surface area is 121 Å². The summed E-state index contributed by atoms with van der Waals surface area (Å²) >= 11 is 0. The Kier molecular flexibility index (Phi) is 5.41. The maximum atomic E-state index is 12.2. The van der Waals surface area contributed by atoms with Gasteiger partial charge in [-0.15, -0.1) is 0 Å². The molecule has 1 unspecified atom stereocenters. The van der Waals surface area contributed by atoms with Gasteiger partial charge in [0, 0.05) is 25.6 Å². The largest absolute Gasteiger partial charge is 0.496 e. The van der Waals surface area contributed by atoms with E-state index >= 15 is 0 Å². The van der Waals surface area contributed by atoms with Crippen LogP contribution in [0.3, 0.4) is 0 Å². The van der Waals surface area contributed by atoms with Crippen LogP contribution in [0.5, 0.6) is 5.75 Å². The van der Waals surface area contributed by atoms with E-state index in [-0.39, 0.29) is 5.91 Å². The standard InChI is InChI=1S/C16H24N2O2/c1-18(12-14-5-3-4-6-15(14)20-2)16(19)8-7-13-9-10-17-11-13/h3-6,13,17H,7-12H2,1-2H3. The molecule has 2 rings (SSSR count). The number of nitrogens with zero attached hydrogens (tertiary/aromatic N) is 1. The monoisotopic (exact) mass is 276 g/mol. The molecule has 0 bridgehead atoms. The van der Waals surface area contributed by atoms with Gasteiger partial charge >= 0.3 is 0 Å². The summed E-state index contributed by atoms with van der Waals surface area (Å²) in [5, 5.41) is 3.34. The fraction of sp³-hybridized carbons (Fsp3) is 0.562. The lowest BCUT2D eigenvalue weighted by Gasteiger charge is -2.19. The van der Waals surface area contributed by atoms with Crippen molar-refractivity contribution in [2.75, 3.05) is 27.2 Å². The minimum atomic E-state index is 0.211. The van der Waals surface area contributed by atoms with E-state index < -0.39 is 0 Å². The lowest BCUT2D eigenvalue weighted by molar-refractivity contribution is -0.130. The zero-order valence-corrected chi connectivity index (χ0v) is 12.4. The van der Waals surface area contributed by atoms with Crippen LogP contribution >= 0.6 is 0 Å². The van der Waals surface area contributed by atoms with Crippen molar-refractivity contribution in [3.05, 3.63) is 29.8 Å². The van der Waals surface area contributed by atoms with Crippen molar-refractivity contribution in [1.82, 2.24) is 10.2 Å². The highest BCUT2D eigenvalue weighted by Gasteiger charge is 2.17. The van der Waals surface area contributed by atoms with Crippen LogP contribution in [0.4, 0.5) is 0 Å². The van der Waals surface area contributed by atoms with Crippen molar-refractivity contribution < 1.29 is 9.53 Å². The molecule has 0 radical (unpaired) electrons. The second kappa shape index (κ2) is 7.29. The summed E-state index contributed by atoms with van der Waals surface area (Å²) in [4.78, 5) is 14.0. The minimum absolute atomic E-state index is 0.211. The van der Waals surface area contributed by atoms with Crippen LogP contribution in [-0.2, 0) is 11.3 Å². The molecule has 0 aliphatic carbocycles. The molecule has 1 N–H and O–H groups in total. The highest BCUT2D eigenvalue weighted by molar-refractivity contribution is 5.75. The summed E-state index contributed by atoms with van der Waals surface area (Å²) in [5.41, 5.74) is 1.05. The third-order valence-electron chi connectivity index (χ3n) is 3.95. The fourth-order valence-electron chi connectivity index (χ4n) is 2.66. The molecule has 1 saturated heterocycles. The Morgan fingerprint density at radius 2 is 2.25 bits per heavy atom. The SMILES string of the molecule is COc1ccccc1CN(C)C(=O)CCC1CCNC1. The number of hydrogen-bond acceptors (Lipinski definition) is 3. The quantitative estimate of drug-likeness (QED) is 0.864. The van der Waals surface area contributed by atoms with Gasteiger partial charge in [0.2, 0.25) is 5.91 Å². The van der Waals surface area contributed by atoms with Gasteiger partial charge in [-0.25, -0.2) is 0 Å². The van der Waals surface area contributed by atoms with E-state index in [0.717, 1.165) is 30.8 Å². The first-order valence-electron chi connectivity index (χ1n) is 7.27. The summed E-state index contributed by atoms with van der Waals surface area (Å²) in [5.74, 6) is 1.72. The van der Waals surface area contributed by atoms with E-state index in [2.05, 4.69) is 5.32 Å². The molecular weight excluding hydrogens is 252 g/mol. The number of ether oxygens (including phenoxy) is 1. The van der Waals surface area contributed by atoms with Gasteiger partial charge in [0.1, 0.15) is 5.75 Å². The number of benzene rings is 1. The number of methoxy groups -OCH3 is 1. The maximum Gasteiger partial charge on any atom is 0.222 e. The smallest absolute Gasteiger partial charge is 0.222 e. The van der Waals surface area contributed by atoms with Crippen molar-refractivity contribution in [1.29, 1.82) is 0 Å². The predicted octanol–water partition coefficient (Wildman–Crippen LogP) is 2.04. The molecule has 1 atom stereocenters. The molecule has 1 aliphatic rings. The zero-order chi connectivity index (χ0) is 14.4. The number of nitrogens with one attached hydrogen (secondary N) is 1. The van der Waals surface area contributed by atoms with Gasteiger partial charge in [-0.3, -0.25) is 4.79 Å².